The van der Waals surface area contributed by atoms with E-state index in [1.807, 2.05) is 0 Å². The summed E-state index contributed by atoms with van der Waals surface area (Å²) in [7, 11) is 0. The lowest BCUT2D eigenvalue weighted by atomic mass is 10.1. The van der Waals surface area contributed by atoms with Crippen LogP contribution in [-0.2, 0) is 6.18 Å². The summed E-state index contributed by atoms with van der Waals surface area (Å²) in [5, 5.41) is 7.55. The third kappa shape index (κ3) is 5.84. The zero-order valence-corrected chi connectivity index (χ0v) is 19.1. The Balaban J connectivity index is 1.52. The fraction of sp³-hybridized carbons (Fsp3) is 0.0417. The molecule has 4 aromatic rings. The Hall–Kier alpha value is -3.76. The van der Waals surface area contributed by atoms with Crippen molar-refractivity contribution in [3.8, 4) is 11.3 Å². The second-order valence-corrected chi connectivity index (χ2v) is 8.51. The van der Waals surface area contributed by atoms with Crippen LogP contribution < -0.4 is 10.6 Å². The summed E-state index contributed by atoms with van der Waals surface area (Å²) in [5.74, 6) is -2.19. The van der Waals surface area contributed by atoms with Gasteiger partial charge in [0.05, 0.1) is 22.5 Å². The number of aromatic nitrogens is 1. The van der Waals surface area contributed by atoms with Crippen LogP contribution in [0.4, 0.5) is 28.4 Å². The molecule has 1 heterocycles. The lowest BCUT2D eigenvalue weighted by molar-refractivity contribution is -0.137. The number of amides is 2. The first-order valence-corrected chi connectivity index (χ1v) is 11.2. The Bertz CT molecular complexity index is 1390. The normalized spacial score (nSPS) is 11.2. The van der Waals surface area contributed by atoms with E-state index < -0.39 is 29.4 Å². The van der Waals surface area contributed by atoms with Gasteiger partial charge < -0.3 is 5.32 Å². The standard InChI is InChI=1S/C24H14ClF4N3O2S/c25-16-7-3-13(4-8-16)20-12-35-23(31-20)32-22(34)18-10-9-17(26)11-19(18)30-21(33)14-1-5-15(6-2-14)24(27,28)29/h1-12H,(H,30,33)(H,31,32,34). The number of carbonyl (C=O) groups is 2. The molecule has 2 amide bonds. The van der Waals surface area contributed by atoms with Crippen molar-refractivity contribution in [3.63, 3.8) is 0 Å². The number of benzene rings is 3. The van der Waals surface area contributed by atoms with Crippen LogP contribution in [0.3, 0.4) is 0 Å². The molecule has 2 N–H and O–H groups in total. The summed E-state index contributed by atoms with van der Waals surface area (Å²) in [5.41, 5.74) is 0.175. The summed E-state index contributed by atoms with van der Waals surface area (Å²) < 4.78 is 52.1. The molecule has 0 aliphatic heterocycles. The van der Waals surface area contributed by atoms with Gasteiger partial charge in [0.2, 0.25) is 0 Å². The molecule has 0 aliphatic carbocycles. The van der Waals surface area contributed by atoms with E-state index in [1.165, 1.54) is 17.4 Å². The molecule has 11 heteroatoms. The maximum atomic E-state index is 13.9. The second kappa shape index (κ2) is 9.85. The highest BCUT2D eigenvalue weighted by molar-refractivity contribution is 7.14. The Kier molecular flexibility index (Phi) is 6.86. The second-order valence-electron chi connectivity index (χ2n) is 7.22. The molecule has 0 spiro atoms. The van der Waals surface area contributed by atoms with Gasteiger partial charge >= 0.3 is 6.18 Å². The maximum absolute atomic E-state index is 13.9. The fourth-order valence-electron chi connectivity index (χ4n) is 3.07. The maximum Gasteiger partial charge on any atom is 0.416 e. The van der Waals surface area contributed by atoms with E-state index in [0.29, 0.717) is 10.7 Å². The van der Waals surface area contributed by atoms with E-state index in [0.717, 1.165) is 42.0 Å². The molecule has 0 fully saturated rings. The molecule has 3 aromatic carbocycles. The molecule has 5 nitrogen and oxygen atoms in total. The number of nitrogens with one attached hydrogen (secondary N) is 2. The number of anilines is 2. The molecule has 1 aromatic heterocycles. The minimum Gasteiger partial charge on any atom is -0.321 e. The first-order chi connectivity index (χ1) is 16.6. The summed E-state index contributed by atoms with van der Waals surface area (Å²) in [6, 6.07) is 13.6. The van der Waals surface area contributed by atoms with Gasteiger partial charge in [-0.2, -0.15) is 13.2 Å². The molecule has 0 unspecified atom stereocenters. The van der Waals surface area contributed by atoms with E-state index in [2.05, 4.69) is 15.6 Å². The third-order valence-corrected chi connectivity index (χ3v) is 5.82. The van der Waals surface area contributed by atoms with Gasteiger partial charge in [0.1, 0.15) is 5.82 Å². The molecule has 35 heavy (non-hydrogen) atoms. The number of hydrogen-bond acceptors (Lipinski definition) is 4. The Morgan fingerprint density at radius 1 is 0.886 bits per heavy atom. The quantitative estimate of drug-likeness (QED) is 0.276. The largest absolute Gasteiger partial charge is 0.416 e. The van der Waals surface area contributed by atoms with Gasteiger partial charge in [-0.25, -0.2) is 9.37 Å². The van der Waals surface area contributed by atoms with Gasteiger partial charge in [0.15, 0.2) is 5.13 Å². The average Bonchev–Trinajstić information content (AvgIpc) is 3.27. The lowest BCUT2D eigenvalue weighted by Gasteiger charge is -2.12. The van der Waals surface area contributed by atoms with Crippen molar-refractivity contribution in [2.75, 3.05) is 10.6 Å². The van der Waals surface area contributed by atoms with Crippen LogP contribution in [0.5, 0.6) is 0 Å². The lowest BCUT2D eigenvalue weighted by Crippen LogP contribution is -2.18. The van der Waals surface area contributed by atoms with E-state index in [-0.39, 0.29) is 21.9 Å². The molecule has 0 bridgehead atoms. The minimum absolute atomic E-state index is 0.0603. The Morgan fingerprint density at radius 3 is 2.23 bits per heavy atom. The average molecular weight is 520 g/mol. The van der Waals surface area contributed by atoms with Gasteiger partial charge in [-0.1, -0.05) is 23.7 Å². The number of halogens is 5. The van der Waals surface area contributed by atoms with Crippen LogP contribution in [-0.4, -0.2) is 16.8 Å². The van der Waals surface area contributed by atoms with Crippen LogP contribution in [0.25, 0.3) is 11.3 Å². The number of thiazole rings is 1. The highest BCUT2D eigenvalue weighted by atomic mass is 35.5. The molecular formula is C24H14ClF4N3O2S. The zero-order chi connectivity index (χ0) is 25.2. The molecular weight excluding hydrogens is 506 g/mol. The first-order valence-electron chi connectivity index (χ1n) is 9.91. The van der Waals surface area contributed by atoms with Gasteiger partial charge in [-0.3, -0.25) is 14.9 Å². The number of alkyl halides is 3. The first kappa shape index (κ1) is 24.4. The Labute approximate surface area is 205 Å². The van der Waals surface area contributed by atoms with E-state index in [1.54, 1.807) is 29.6 Å². The monoisotopic (exact) mass is 519 g/mol. The van der Waals surface area contributed by atoms with E-state index >= 15 is 0 Å². The number of rotatable bonds is 5. The van der Waals surface area contributed by atoms with Gasteiger partial charge in [0.25, 0.3) is 11.8 Å². The number of carbonyl (C=O) groups excluding carboxylic acids is 2. The van der Waals surface area contributed by atoms with Gasteiger partial charge in [-0.05, 0) is 54.6 Å². The van der Waals surface area contributed by atoms with Crippen LogP contribution in [0.1, 0.15) is 26.3 Å². The summed E-state index contributed by atoms with van der Waals surface area (Å²) in [6.07, 6.45) is -4.55. The third-order valence-electron chi connectivity index (χ3n) is 4.81. The summed E-state index contributed by atoms with van der Waals surface area (Å²) in [4.78, 5) is 29.7. The van der Waals surface area contributed by atoms with Crippen molar-refractivity contribution in [2.24, 2.45) is 0 Å². The van der Waals surface area contributed by atoms with Gasteiger partial charge in [-0.15, -0.1) is 11.3 Å². The molecule has 0 radical (unpaired) electrons. The highest BCUT2D eigenvalue weighted by Gasteiger charge is 2.30. The van der Waals surface area contributed by atoms with Crippen LogP contribution in [0, 0.1) is 5.82 Å². The topological polar surface area (TPSA) is 71.1 Å². The minimum atomic E-state index is -4.55. The van der Waals surface area contributed by atoms with Crippen molar-refractivity contribution < 1.29 is 27.2 Å². The Morgan fingerprint density at radius 2 is 1.57 bits per heavy atom. The summed E-state index contributed by atoms with van der Waals surface area (Å²) >= 11 is 7.06. The molecule has 0 atom stereocenters. The summed E-state index contributed by atoms with van der Waals surface area (Å²) in [6.45, 7) is 0. The van der Waals surface area contributed by atoms with Crippen molar-refractivity contribution in [2.45, 2.75) is 6.18 Å². The van der Waals surface area contributed by atoms with Crippen molar-refractivity contribution in [3.05, 3.63) is 99.6 Å². The predicted octanol–water partition coefficient (Wildman–Crippen LogP) is 7.13. The van der Waals surface area contributed by atoms with Crippen LogP contribution in [0.15, 0.2) is 72.1 Å². The van der Waals surface area contributed by atoms with Crippen LogP contribution >= 0.6 is 22.9 Å². The SMILES string of the molecule is O=C(Nc1cc(F)ccc1C(=O)Nc1nc(-c2ccc(Cl)cc2)cs1)c1ccc(C(F)(F)F)cc1. The molecule has 0 saturated carbocycles. The van der Waals surface area contributed by atoms with E-state index in [9.17, 15) is 27.2 Å². The molecule has 0 saturated heterocycles. The van der Waals surface area contributed by atoms with Crippen LogP contribution in [0.2, 0.25) is 5.02 Å². The van der Waals surface area contributed by atoms with Gasteiger partial charge in [0, 0.05) is 21.5 Å². The predicted molar refractivity (Wildman–Crippen MR) is 126 cm³/mol. The highest BCUT2D eigenvalue weighted by Crippen LogP contribution is 2.30. The molecule has 4 rings (SSSR count). The fourth-order valence-corrected chi connectivity index (χ4v) is 3.91. The molecule has 0 aliphatic rings. The van der Waals surface area contributed by atoms with Crippen molar-refractivity contribution >= 4 is 45.6 Å². The smallest absolute Gasteiger partial charge is 0.321 e. The number of hydrogen-bond donors (Lipinski definition) is 2. The zero-order valence-electron chi connectivity index (χ0n) is 17.5. The van der Waals surface area contributed by atoms with E-state index in [4.69, 9.17) is 11.6 Å². The van der Waals surface area contributed by atoms with Crippen molar-refractivity contribution in [1.82, 2.24) is 4.98 Å². The van der Waals surface area contributed by atoms with Crippen molar-refractivity contribution in [1.29, 1.82) is 0 Å². The molecule has 178 valence electrons. The number of nitrogens with zero attached hydrogens (tertiary/aromatic N) is 1.